The van der Waals surface area contributed by atoms with Crippen molar-refractivity contribution in [2.24, 2.45) is 0 Å². The fourth-order valence-electron chi connectivity index (χ4n) is 2.00. The van der Waals surface area contributed by atoms with Crippen LogP contribution in [0.15, 0.2) is 41.3 Å². The molecule has 0 saturated heterocycles. The van der Waals surface area contributed by atoms with Crippen LogP contribution in [0, 0.1) is 13.8 Å². The molecule has 0 aliphatic carbocycles. The fraction of sp³-hybridized carbons (Fsp3) is 0.333. The number of hydrogen-bond donors (Lipinski definition) is 0. The van der Waals surface area contributed by atoms with Gasteiger partial charge in [0.15, 0.2) is 0 Å². The van der Waals surface area contributed by atoms with E-state index in [9.17, 15) is 4.79 Å². The maximum absolute atomic E-state index is 11.6. The van der Waals surface area contributed by atoms with E-state index >= 15 is 0 Å². The summed E-state index contributed by atoms with van der Waals surface area (Å²) >= 11 is 0. The van der Waals surface area contributed by atoms with Crippen LogP contribution in [-0.4, -0.2) is 9.78 Å². The Morgan fingerprint density at radius 3 is 2.72 bits per heavy atom. The Bertz CT molecular complexity index is 587. The minimum Gasteiger partial charge on any atom is -0.268 e. The molecule has 18 heavy (non-hydrogen) atoms. The van der Waals surface area contributed by atoms with Gasteiger partial charge in [0.25, 0.3) is 5.56 Å². The van der Waals surface area contributed by atoms with Crippen molar-refractivity contribution in [2.45, 2.75) is 33.2 Å². The van der Waals surface area contributed by atoms with Crippen LogP contribution >= 0.6 is 0 Å². The van der Waals surface area contributed by atoms with Crippen LogP contribution in [0.25, 0.3) is 0 Å². The van der Waals surface area contributed by atoms with Gasteiger partial charge < -0.3 is 0 Å². The van der Waals surface area contributed by atoms with E-state index in [4.69, 9.17) is 0 Å². The molecule has 3 nitrogen and oxygen atoms in total. The molecule has 0 N–H and O–H groups in total. The van der Waals surface area contributed by atoms with Crippen LogP contribution in [0.1, 0.15) is 23.1 Å². The highest BCUT2D eigenvalue weighted by Crippen LogP contribution is 2.09. The van der Waals surface area contributed by atoms with E-state index < -0.39 is 0 Å². The first-order chi connectivity index (χ1) is 8.66. The Hall–Kier alpha value is -1.90. The number of nitrogens with zero attached hydrogens (tertiary/aromatic N) is 2. The van der Waals surface area contributed by atoms with Crippen LogP contribution in [-0.2, 0) is 13.0 Å². The van der Waals surface area contributed by atoms with Gasteiger partial charge in [-0.1, -0.05) is 24.3 Å². The molecule has 0 atom stereocenters. The first-order valence-electron chi connectivity index (χ1n) is 6.25. The van der Waals surface area contributed by atoms with Gasteiger partial charge in [-0.3, -0.25) is 4.79 Å². The first-order valence-corrected chi connectivity index (χ1v) is 6.25. The molecule has 0 fully saturated rings. The zero-order valence-electron chi connectivity index (χ0n) is 10.9. The van der Waals surface area contributed by atoms with Gasteiger partial charge in [-0.05, 0) is 43.4 Å². The van der Waals surface area contributed by atoms with E-state index in [0.29, 0.717) is 6.54 Å². The van der Waals surface area contributed by atoms with E-state index in [2.05, 4.69) is 30.2 Å². The molecule has 0 radical (unpaired) electrons. The fourth-order valence-corrected chi connectivity index (χ4v) is 2.00. The second-order valence-corrected chi connectivity index (χ2v) is 4.62. The predicted octanol–water partition coefficient (Wildman–Crippen LogP) is 2.49. The number of rotatable bonds is 4. The molecule has 0 aliphatic heterocycles. The lowest BCUT2D eigenvalue weighted by molar-refractivity contribution is 0.546. The second-order valence-electron chi connectivity index (χ2n) is 4.62. The smallest absolute Gasteiger partial charge is 0.266 e. The SMILES string of the molecule is Cc1cnn(CCCc2ccccc2C)c(=O)c1. The second kappa shape index (κ2) is 5.63. The zero-order valence-corrected chi connectivity index (χ0v) is 10.9. The molecule has 0 aliphatic rings. The van der Waals surface area contributed by atoms with Gasteiger partial charge in [0.2, 0.25) is 0 Å². The Morgan fingerprint density at radius 2 is 2.00 bits per heavy atom. The highest BCUT2D eigenvalue weighted by atomic mass is 16.1. The van der Waals surface area contributed by atoms with Gasteiger partial charge >= 0.3 is 0 Å². The Morgan fingerprint density at radius 1 is 1.22 bits per heavy atom. The van der Waals surface area contributed by atoms with Crippen LogP contribution in [0.4, 0.5) is 0 Å². The van der Waals surface area contributed by atoms with Gasteiger partial charge in [-0.2, -0.15) is 5.10 Å². The van der Waals surface area contributed by atoms with Crippen molar-refractivity contribution in [2.75, 3.05) is 0 Å². The summed E-state index contributed by atoms with van der Waals surface area (Å²) in [7, 11) is 0. The third-order valence-corrected chi connectivity index (χ3v) is 3.08. The third-order valence-electron chi connectivity index (χ3n) is 3.08. The molecule has 0 unspecified atom stereocenters. The Kier molecular flexibility index (Phi) is 3.92. The van der Waals surface area contributed by atoms with Crippen molar-refractivity contribution in [1.82, 2.24) is 9.78 Å². The van der Waals surface area contributed by atoms with Gasteiger partial charge in [-0.25, -0.2) is 4.68 Å². The molecule has 0 bridgehead atoms. The maximum atomic E-state index is 11.6. The topological polar surface area (TPSA) is 34.9 Å². The first kappa shape index (κ1) is 12.6. The molecule has 0 amide bonds. The number of aromatic nitrogens is 2. The molecule has 2 rings (SSSR count). The molecule has 1 heterocycles. The number of aryl methyl sites for hydroxylation is 4. The molecule has 1 aromatic carbocycles. The summed E-state index contributed by atoms with van der Waals surface area (Å²) in [5, 5.41) is 4.14. The van der Waals surface area contributed by atoms with E-state index in [1.807, 2.05) is 13.0 Å². The van der Waals surface area contributed by atoms with E-state index in [0.717, 1.165) is 18.4 Å². The number of hydrogen-bond acceptors (Lipinski definition) is 2. The molecule has 2 aromatic rings. The lowest BCUT2D eigenvalue weighted by Crippen LogP contribution is -2.22. The van der Waals surface area contributed by atoms with E-state index in [1.165, 1.54) is 15.8 Å². The quantitative estimate of drug-likeness (QED) is 0.825. The molecule has 3 heteroatoms. The highest BCUT2D eigenvalue weighted by Gasteiger charge is 2.00. The summed E-state index contributed by atoms with van der Waals surface area (Å²) in [5.74, 6) is 0. The van der Waals surface area contributed by atoms with Crippen LogP contribution < -0.4 is 5.56 Å². The number of benzene rings is 1. The van der Waals surface area contributed by atoms with Crippen LogP contribution in [0.5, 0.6) is 0 Å². The van der Waals surface area contributed by atoms with Crippen LogP contribution in [0.2, 0.25) is 0 Å². The van der Waals surface area contributed by atoms with Crippen molar-refractivity contribution in [1.29, 1.82) is 0 Å². The van der Waals surface area contributed by atoms with Crippen molar-refractivity contribution < 1.29 is 0 Å². The van der Waals surface area contributed by atoms with Crippen molar-refractivity contribution in [3.8, 4) is 0 Å². The standard InChI is InChI=1S/C15H18N2O/c1-12-10-15(18)17(16-11-12)9-5-8-14-7-4-3-6-13(14)2/h3-4,6-7,10-11H,5,8-9H2,1-2H3. The summed E-state index contributed by atoms with van der Waals surface area (Å²) in [4.78, 5) is 11.6. The summed E-state index contributed by atoms with van der Waals surface area (Å²) in [5.41, 5.74) is 3.55. The van der Waals surface area contributed by atoms with E-state index in [-0.39, 0.29) is 5.56 Å². The monoisotopic (exact) mass is 242 g/mol. The normalized spacial score (nSPS) is 10.6. The molecular formula is C15H18N2O. The molecular weight excluding hydrogens is 224 g/mol. The lowest BCUT2D eigenvalue weighted by atomic mass is 10.0. The largest absolute Gasteiger partial charge is 0.268 e. The minimum atomic E-state index is -0.0141. The summed E-state index contributed by atoms with van der Waals surface area (Å²) in [6.45, 7) is 4.67. The third kappa shape index (κ3) is 3.06. The summed E-state index contributed by atoms with van der Waals surface area (Å²) < 4.78 is 1.53. The van der Waals surface area contributed by atoms with E-state index in [1.54, 1.807) is 12.3 Å². The minimum absolute atomic E-state index is 0.0141. The Labute approximate surface area is 107 Å². The average Bonchev–Trinajstić information content (AvgIpc) is 2.34. The van der Waals surface area contributed by atoms with Gasteiger partial charge in [-0.15, -0.1) is 0 Å². The van der Waals surface area contributed by atoms with Crippen LogP contribution in [0.3, 0.4) is 0 Å². The van der Waals surface area contributed by atoms with Crippen molar-refractivity contribution in [3.63, 3.8) is 0 Å². The predicted molar refractivity (Wildman–Crippen MR) is 72.7 cm³/mol. The lowest BCUT2D eigenvalue weighted by Gasteiger charge is -2.06. The Balaban J connectivity index is 1.97. The van der Waals surface area contributed by atoms with Gasteiger partial charge in [0.1, 0.15) is 0 Å². The molecule has 1 aromatic heterocycles. The highest BCUT2D eigenvalue weighted by molar-refractivity contribution is 5.25. The van der Waals surface area contributed by atoms with Crippen molar-refractivity contribution >= 4 is 0 Å². The van der Waals surface area contributed by atoms with Gasteiger partial charge in [0.05, 0.1) is 6.20 Å². The van der Waals surface area contributed by atoms with Gasteiger partial charge in [0, 0.05) is 12.6 Å². The molecule has 0 spiro atoms. The summed E-state index contributed by atoms with van der Waals surface area (Å²) in [6.07, 6.45) is 3.64. The summed E-state index contributed by atoms with van der Waals surface area (Å²) in [6, 6.07) is 9.98. The average molecular weight is 242 g/mol. The molecule has 94 valence electrons. The zero-order chi connectivity index (χ0) is 13.0. The van der Waals surface area contributed by atoms with Crippen molar-refractivity contribution in [3.05, 3.63) is 63.6 Å². The maximum Gasteiger partial charge on any atom is 0.266 e. The molecule has 0 saturated carbocycles.